The van der Waals surface area contributed by atoms with E-state index >= 15 is 0 Å². The molecule has 0 aliphatic carbocycles. The number of amides is 1. The predicted molar refractivity (Wildman–Crippen MR) is 69.0 cm³/mol. The Morgan fingerprint density at radius 1 is 1.30 bits per heavy atom. The molecule has 1 rings (SSSR count). The van der Waals surface area contributed by atoms with Crippen LogP contribution in [0.5, 0.6) is 5.75 Å². The first-order valence-electron chi connectivity index (χ1n) is 5.93. The highest BCUT2D eigenvalue weighted by molar-refractivity contribution is 5.83. The molecule has 0 saturated heterocycles. The number of aromatic hydroxyl groups is 1. The molecule has 4 N–H and O–H groups in total. The monoisotopic (exact) mass is 283 g/mol. The highest BCUT2D eigenvalue weighted by atomic mass is 16.4. The molecular formula is C13H17NO6. The van der Waals surface area contributed by atoms with Crippen LogP contribution in [0.3, 0.4) is 0 Å². The fraction of sp³-hybridized carbons (Fsp3) is 0.385. The Kier molecular flexibility index (Phi) is 5.48. The van der Waals surface area contributed by atoms with Gasteiger partial charge in [-0.15, -0.1) is 0 Å². The van der Waals surface area contributed by atoms with Gasteiger partial charge >= 0.3 is 5.97 Å². The second-order valence-corrected chi connectivity index (χ2v) is 4.44. The van der Waals surface area contributed by atoms with Crippen molar-refractivity contribution >= 4 is 11.9 Å². The molecule has 1 aromatic rings. The van der Waals surface area contributed by atoms with E-state index in [0.717, 1.165) is 4.90 Å². The standard InChI is InChI=1S/C13H17NO6/c1-14(12(18)6-10(16)13(19)20)7-11(17)8-3-2-4-9(15)5-8/h2-5,10-11,15-17H,6-7H2,1H3,(H,19,20)/t10-,11-/m0/s1. The molecule has 110 valence electrons. The van der Waals surface area contributed by atoms with Crippen molar-refractivity contribution in [2.75, 3.05) is 13.6 Å². The number of carbonyl (C=O) groups excluding carboxylic acids is 1. The maximum Gasteiger partial charge on any atom is 0.333 e. The lowest BCUT2D eigenvalue weighted by atomic mass is 10.1. The average Bonchev–Trinajstić information content (AvgIpc) is 2.38. The maximum absolute atomic E-state index is 11.6. The molecule has 0 aliphatic rings. The van der Waals surface area contributed by atoms with Crippen LogP contribution in [0, 0.1) is 0 Å². The Balaban J connectivity index is 2.59. The number of hydrogen-bond donors (Lipinski definition) is 4. The second kappa shape index (κ2) is 6.88. The second-order valence-electron chi connectivity index (χ2n) is 4.44. The molecule has 0 spiro atoms. The largest absolute Gasteiger partial charge is 0.508 e. The van der Waals surface area contributed by atoms with Crippen molar-refractivity contribution in [2.45, 2.75) is 18.6 Å². The van der Waals surface area contributed by atoms with Crippen LogP contribution in [-0.2, 0) is 9.59 Å². The molecule has 1 aromatic carbocycles. The number of nitrogens with zero attached hydrogens (tertiary/aromatic N) is 1. The van der Waals surface area contributed by atoms with Gasteiger partial charge in [0.05, 0.1) is 19.1 Å². The van der Waals surface area contributed by atoms with Gasteiger partial charge in [-0.05, 0) is 17.7 Å². The summed E-state index contributed by atoms with van der Waals surface area (Å²) in [5.74, 6) is -2.07. The van der Waals surface area contributed by atoms with E-state index in [1.807, 2.05) is 0 Å². The lowest BCUT2D eigenvalue weighted by molar-refractivity contribution is -0.151. The van der Waals surface area contributed by atoms with Gasteiger partial charge in [0, 0.05) is 7.05 Å². The van der Waals surface area contributed by atoms with Crippen molar-refractivity contribution in [2.24, 2.45) is 0 Å². The topological polar surface area (TPSA) is 118 Å². The number of aliphatic hydroxyl groups excluding tert-OH is 2. The summed E-state index contributed by atoms with van der Waals surface area (Å²) in [6.07, 6.45) is -3.33. The molecule has 0 fully saturated rings. The zero-order valence-electron chi connectivity index (χ0n) is 10.9. The van der Waals surface area contributed by atoms with Crippen LogP contribution < -0.4 is 0 Å². The van der Waals surface area contributed by atoms with Crippen molar-refractivity contribution < 1.29 is 30.0 Å². The molecule has 0 aromatic heterocycles. The van der Waals surface area contributed by atoms with Crippen molar-refractivity contribution in [3.8, 4) is 5.75 Å². The minimum absolute atomic E-state index is 0.00294. The Bertz CT molecular complexity index is 490. The molecule has 20 heavy (non-hydrogen) atoms. The number of aliphatic hydroxyl groups is 2. The van der Waals surface area contributed by atoms with Gasteiger partial charge in [-0.2, -0.15) is 0 Å². The van der Waals surface area contributed by atoms with E-state index in [2.05, 4.69) is 0 Å². The van der Waals surface area contributed by atoms with Crippen molar-refractivity contribution in [3.63, 3.8) is 0 Å². The van der Waals surface area contributed by atoms with Crippen LogP contribution >= 0.6 is 0 Å². The highest BCUT2D eigenvalue weighted by Crippen LogP contribution is 2.19. The summed E-state index contributed by atoms with van der Waals surface area (Å²) in [7, 11) is 1.39. The number of hydrogen-bond acceptors (Lipinski definition) is 5. The summed E-state index contributed by atoms with van der Waals surface area (Å²) in [5, 5.41) is 36.8. The fourth-order valence-corrected chi connectivity index (χ4v) is 1.61. The first-order valence-corrected chi connectivity index (χ1v) is 5.93. The molecule has 2 atom stereocenters. The Morgan fingerprint density at radius 3 is 2.50 bits per heavy atom. The van der Waals surface area contributed by atoms with Gasteiger partial charge in [0.15, 0.2) is 6.10 Å². The third-order valence-electron chi connectivity index (χ3n) is 2.78. The zero-order chi connectivity index (χ0) is 15.3. The van der Waals surface area contributed by atoms with E-state index in [1.165, 1.54) is 19.2 Å². The molecule has 0 saturated carbocycles. The van der Waals surface area contributed by atoms with E-state index in [0.29, 0.717) is 5.56 Å². The molecule has 1 amide bonds. The average molecular weight is 283 g/mol. The van der Waals surface area contributed by atoms with Crippen molar-refractivity contribution in [3.05, 3.63) is 29.8 Å². The summed E-state index contributed by atoms with van der Waals surface area (Å²) in [4.78, 5) is 23.2. The molecule has 0 heterocycles. The molecule has 0 bridgehead atoms. The SMILES string of the molecule is CN(C[C@H](O)c1cccc(O)c1)C(=O)C[C@H](O)C(=O)O. The quantitative estimate of drug-likeness (QED) is 0.570. The van der Waals surface area contributed by atoms with Crippen LogP contribution in [0.2, 0.25) is 0 Å². The van der Waals surface area contributed by atoms with E-state index < -0.39 is 30.5 Å². The molecule has 0 unspecified atom stereocenters. The number of carboxylic acids is 1. The maximum atomic E-state index is 11.6. The number of phenolic OH excluding ortho intramolecular Hbond substituents is 1. The van der Waals surface area contributed by atoms with Gasteiger partial charge in [-0.25, -0.2) is 4.79 Å². The van der Waals surface area contributed by atoms with Crippen LogP contribution in [0.15, 0.2) is 24.3 Å². The van der Waals surface area contributed by atoms with Crippen molar-refractivity contribution in [1.29, 1.82) is 0 Å². The molecule has 0 aliphatic heterocycles. The minimum Gasteiger partial charge on any atom is -0.508 e. The first kappa shape index (κ1) is 15.9. The Morgan fingerprint density at radius 2 is 1.95 bits per heavy atom. The lowest BCUT2D eigenvalue weighted by Crippen LogP contribution is -2.35. The third kappa shape index (κ3) is 4.52. The molecule has 0 radical (unpaired) electrons. The van der Waals surface area contributed by atoms with Gasteiger partial charge < -0.3 is 25.3 Å². The Labute approximate surface area is 115 Å². The van der Waals surface area contributed by atoms with Gasteiger partial charge in [0.25, 0.3) is 0 Å². The summed E-state index contributed by atoms with van der Waals surface area (Å²) in [6, 6.07) is 5.97. The van der Waals surface area contributed by atoms with Crippen LogP contribution in [0.25, 0.3) is 0 Å². The summed E-state index contributed by atoms with van der Waals surface area (Å²) >= 11 is 0. The summed E-state index contributed by atoms with van der Waals surface area (Å²) in [5.41, 5.74) is 0.434. The Hall–Kier alpha value is -2.12. The van der Waals surface area contributed by atoms with Crippen LogP contribution in [0.4, 0.5) is 0 Å². The first-order chi connectivity index (χ1) is 9.31. The molecular weight excluding hydrogens is 266 g/mol. The number of carbonyl (C=O) groups is 2. The zero-order valence-corrected chi connectivity index (χ0v) is 10.9. The van der Waals surface area contributed by atoms with E-state index in [1.54, 1.807) is 12.1 Å². The van der Waals surface area contributed by atoms with Crippen molar-refractivity contribution in [1.82, 2.24) is 4.90 Å². The number of likely N-dealkylation sites (N-methyl/N-ethyl adjacent to an activating group) is 1. The number of rotatable bonds is 6. The normalized spacial score (nSPS) is 13.6. The number of benzene rings is 1. The number of aliphatic carboxylic acids is 1. The number of phenols is 1. The summed E-state index contributed by atoms with van der Waals surface area (Å²) in [6.45, 7) is -0.0748. The highest BCUT2D eigenvalue weighted by Gasteiger charge is 2.22. The van der Waals surface area contributed by atoms with E-state index in [-0.39, 0.29) is 12.3 Å². The minimum atomic E-state index is -1.76. The fourth-order valence-electron chi connectivity index (χ4n) is 1.61. The van der Waals surface area contributed by atoms with Gasteiger partial charge in [0.1, 0.15) is 5.75 Å². The summed E-state index contributed by atoms with van der Waals surface area (Å²) < 4.78 is 0. The van der Waals surface area contributed by atoms with Gasteiger partial charge in [-0.1, -0.05) is 12.1 Å². The van der Waals surface area contributed by atoms with Gasteiger partial charge in [0.2, 0.25) is 5.91 Å². The molecule has 7 heteroatoms. The van der Waals surface area contributed by atoms with Crippen LogP contribution in [-0.4, -0.2) is 56.9 Å². The number of carboxylic acid groups (broad SMARTS) is 1. The predicted octanol–water partition coefficient (Wildman–Crippen LogP) is -0.280. The van der Waals surface area contributed by atoms with E-state index in [9.17, 15) is 19.8 Å². The smallest absolute Gasteiger partial charge is 0.333 e. The van der Waals surface area contributed by atoms with Gasteiger partial charge in [-0.3, -0.25) is 4.79 Å². The van der Waals surface area contributed by atoms with E-state index in [4.69, 9.17) is 10.2 Å². The molecule has 7 nitrogen and oxygen atoms in total. The van der Waals surface area contributed by atoms with Crippen LogP contribution in [0.1, 0.15) is 18.1 Å². The third-order valence-corrected chi connectivity index (χ3v) is 2.78. The lowest BCUT2D eigenvalue weighted by Gasteiger charge is -2.21.